The number of halogens is 1. The van der Waals surface area contributed by atoms with Crippen LogP contribution in [0.2, 0.25) is 5.02 Å². The quantitative estimate of drug-likeness (QED) is 0.495. The second kappa shape index (κ2) is 4.98. The van der Waals surface area contributed by atoms with E-state index in [4.69, 9.17) is 27.8 Å². The van der Waals surface area contributed by atoms with E-state index >= 15 is 0 Å². The maximum absolute atomic E-state index is 11.9. The molecule has 0 saturated carbocycles. The zero-order valence-corrected chi connectivity index (χ0v) is 10.1. The Kier molecular flexibility index (Phi) is 3.39. The van der Waals surface area contributed by atoms with Crippen LogP contribution in [-0.4, -0.2) is 5.97 Å². The molecule has 2 aromatic rings. The predicted octanol–water partition coefficient (Wildman–Crippen LogP) is 2.72. The van der Waals surface area contributed by atoms with Crippen LogP contribution in [0.4, 0.5) is 11.4 Å². The van der Waals surface area contributed by atoms with Crippen molar-refractivity contribution in [3.05, 3.63) is 53.1 Å². The summed E-state index contributed by atoms with van der Waals surface area (Å²) in [5.41, 5.74) is 12.0. The van der Waals surface area contributed by atoms with Gasteiger partial charge < -0.3 is 16.2 Å². The highest BCUT2D eigenvalue weighted by molar-refractivity contribution is 6.35. The third kappa shape index (κ3) is 2.55. The Morgan fingerprint density at radius 3 is 2.17 bits per heavy atom. The van der Waals surface area contributed by atoms with Crippen LogP contribution in [0.3, 0.4) is 0 Å². The molecular weight excluding hydrogens is 252 g/mol. The molecule has 0 aliphatic rings. The van der Waals surface area contributed by atoms with Crippen molar-refractivity contribution < 1.29 is 9.53 Å². The molecule has 0 fully saturated rings. The fourth-order valence-corrected chi connectivity index (χ4v) is 1.55. The maximum Gasteiger partial charge on any atom is 0.343 e. The van der Waals surface area contributed by atoms with Crippen molar-refractivity contribution in [3.63, 3.8) is 0 Å². The number of benzene rings is 2. The van der Waals surface area contributed by atoms with Crippen LogP contribution < -0.4 is 16.2 Å². The zero-order valence-electron chi connectivity index (χ0n) is 9.39. The number of rotatable bonds is 2. The average Bonchev–Trinajstić information content (AvgIpc) is 2.36. The highest BCUT2D eigenvalue weighted by atomic mass is 35.5. The molecule has 0 saturated heterocycles. The number of hydrogen-bond acceptors (Lipinski definition) is 4. The van der Waals surface area contributed by atoms with E-state index in [-0.39, 0.29) is 22.0 Å². The number of nitrogens with two attached hydrogens (primary N) is 2. The van der Waals surface area contributed by atoms with Gasteiger partial charge in [-0.2, -0.15) is 0 Å². The average molecular weight is 263 g/mol. The number of carbonyl (C=O) groups is 1. The van der Waals surface area contributed by atoms with E-state index in [1.807, 2.05) is 6.07 Å². The van der Waals surface area contributed by atoms with Crippen LogP contribution >= 0.6 is 11.6 Å². The number of para-hydroxylation sites is 1. The van der Waals surface area contributed by atoms with Gasteiger partial charge in [-0.25, -0.2) is 4.79 Å². The minimum Gasteiger partial charge on any atom is -0.423 e. The summed E-state index contributed by atoms with van der Waals surface area (Å²) in [5, 5.41) is 0.242. The number of carbonyl (C=O) groups excluding carboxylic acids is 1. The maximum atomic E-state index is 11.9. The normalized spacial score (nSPS) is 10.1. The van der Waals surface area contributed by atoms with Crippen molar-refractivity contribution in [3.8, 4) is 5.75 Å². The van der Waals surface area contributed by atoms with Crippen molar-refractivity contribution in [2.75, 3.05) is 11.5 Å². The first-order valence-corrected chi connectivity index (χ1v) is 5.57. The van der Waals surface area contributed by atoms with Crippen LogP contribution in [0.15, 0.2) is 42.5 Å². The van der Waals surface area contributed by atoms with Gasteiger partial charge in [0.1, 0.15) is 5.75 Å². The molecule has 0 atom stereocenters. The molecule has 0 aromatic heterocycles. The molecular formula is C13H11ClN2O2. The van der Waals surface area contributed by atoms with Crippen molar-refractivity contribution in [1.82, 2.24) is 0 Å². The first-order valence-electron chi connectivity index (χ1n) is 5.19. The van der Waals surface area contributed by atoms with Gasteiger partial charge in [-0.3, -0.25) is 0 Å². The SMILES string of the molecule is Nc1cc(C(=O)Oc2ccccc2)cc(N)c1Cl. The lowest BCUT2D eigenvalue weighted by atomic mass is 10.2. The molecule has 0 radical (unpaired) electrons. The molecule has 2 rings (SSSR count). The topological polar surface area (TPSA) is 78.3 Å². The molecule has 5 heteroatoms. The third-order valence-corrected chi connectivity index (χ3v) is 2.75. The van der Waals surface area contributed by atoms with Gasteiger partial charge >= 0.3 is 5.97 Å². The minimum atomic E-state index is -0.531. The van der Waals surface area contributed by atoms with Gasteiger partial charge in [0.15, 0.2) is 0 Å². The summed E-state index contributed by atoms with van der Waals surface area (Å²) >= 11 is 5.81. The van der Waals surface area contributed by atoms with E-state index in [1.165, 1.54) is 12.1 Å². The smallest absolute Gasteiger partial charge is 0.343 e. The summed E-state index contributed by atoms with van der Waals surface area (Å²) in [4.78, 5) is 11.9. The van der Waals surface area contributed by atoms with E-state index in [0.29, 0.717) is 5.75 Å². The Hall–Kier alpha value is -2.20. The standard InChI is InChI=1S/C13H11ClN2O2/c14-12-10(15)6-8(7-11(12)16)13(17)18-9-4-2-1-3-5-9/h1-7H,15-16H2. The van der Waals surface area contributed by atoms with Crippen LogP contribution in [0.5, 0.6) is 5.75 Å². The number of esters is 1. The summed E-state index contributed by atoms with van der Waals surface area (Å²) in [6.07, 6.45) is 0. The predicted molar refractivity (Wildman–Crippen MR) is 71.7 cm³/mol. The van der Waals surface area contributed by atoms with Gasteiger partial charge in [0, 0.05) is 0 Å². The second-order valence-electron chi connectivity index (χ2n) is 3.67. The van der Waals surface area contributed by atoms with Gasteiger partial charge in [0.25, 0.3) is 0 Å². The van der Waals surface area contributed by atoms with Crippen molar-refractivity contribution in [2.24, 2.45) is 0 Å². The van der Waals surface area contributed by atoms with Crippen molar-refractivity contribution in [2.45, 2.75) is 0 Å². The molecule has 0 aliphatic heterocycles. The van der Waals surface area contributed by atoms with Gasteiger partial charge in [-0.05, 0) is 24.3 Å². The molecule has 92 valence electrons. The number of nitrogen functional groups attached to an aromatic ring is 2. The Morgan fingerprint density at radius 2 is 1.61 bits per heavy atom. The summed E-state index contributed by atoms with van der Waals surface area (Å²) in [6, 6.07) is 11.6. The van der Waals surface area contributed by atoms with E-state index in [1.54, 1.807) is 24.3 Å². The lowest BCUT2D eigenvalue weighted by molar-refractivity contribution is 0.0735. The summed E-state index contributed by atoms with van der Waals surface area (Å²) in [7, 11) is 0. The van der Waals surface area contributed by atoms with Crippen LogP contribution in [-0.2, 0) is 0 Å². The third-order valence-electron chi connectivity index (χ3n) is 2.32. The van der Waals surface area contributed by atoms with E-state index in [9.17, 15) is 4.79 Å². The van der Waals surface area contributed by atoms with Crippen LogP contribution in [0, 0.1) is 0 Å². The minimum absolute atomic E-state index is 0.242. The van der Waals surface area contributed by atoms with E-state index < -0.39 is 5.97 Å². The first-order chi connectivity index (χ1) is 8.58. The second-order valence-corrected chi connectivity index (χ2v) is 4.05. The molecule has 18 heavy (non-hydrogen) atoms. The van der Waals surface area contributed by atoms with Gasteiger partial charge in [0.05, 0.1) is 22.0 Å². The molecule has 0 bridgehead atoms. The molecule has 0 heterocycles. The van der Waals surface area contributed by atoms with Gasteiger partial charge in [-0.15, -0.1) is 0 Å². The Bertz CT molecular complexity index is 562. The molecule has 0 spiro atoms. The number of anilines is 2. The van der Waals surface area contributed by atoms with Gasteiger partial charge in [0.2, 0.25) is 0 Å². The highest BCUT2D eigenvalue weighted by Gasteiger charge is 2.12. The zero-order chi connectivity index (χ0) is 13.1. The molecule has 0 unspecified atom stereocenters. The fraction of sp³-hybridized carbons (Fsp3) is 0. The summed E-state index contributed by atoms with van der Waals surface area (Å²) < 4.78 is 5.16. The van der Waals surface area contributed by atoms with Crippen LogP contribution in [0.25, 0.3) is 0 Å². The Morgan fingerprint density at radius 1 is 1.06 bits per heavy atom. The number of ether oxygens (including phenoxy) is 1. The van der Waals surface area contributed by atoms with Crippen LogP contribution in [0.1, 0.15) is 10.4 Å². The highest BCUT2D eigenvalue weighted by Crippen LogP contribution is 2.27. The van der Waals surface area contributed by atoms with Crippen molar-refractivity contribution >= 4 is 28.9 Å². The van der Waals surface area contributed by atoms with Gasteiger partial charge in [-0.1, -0.05) is 29.8 Å². The van der Waals surface area contributed by atoms with E-state index in [0.717, 1.165) is 0 Å². The number of hydrogen-bond donors (Lipinski definition) is 2. The fourth-order valence-electron chi connectivity index (χ4n) is 1.44. The summed E-state index contributed by atoms with van der Waals surface area (Å²) in [6.45, 7) is 0. The molecule has 0 aliphatic carbocycles. The monoisotopic (exact) mass is 262 g/mol. The summed E-state index contributed by atoms with van der Waals surface area (Å²) in [5.74, 6) is -0.0779. The molecule has 2 aromatic carbocycles. The van der Waals surface area contributed by atoms with E-state index in [2.05, 4.69) is 0 Å². The first kappa shape index (κ1) is 12.3. The Balaban J connectivity index is 2.25. The largest absolute Gasteiger partial charge is 0.423 e. The Labute approximate surface area is 109 Å². The lowest BCUT2D eigenvalue weighted by Gasteiger charge is -2.07. The van der Waals surface area contributed by atoms with Crippen molar-refractivity contribution in [1.29, 1.82) is 0 Å². The molecule has 0 amide bonds. The molecule has 4 nitrogen and oxygen atoms in total. The molecule has 4 N–H and O–H groups in total. The lowest BCUT2D eigenvalue weighted by Crippen LogP contribution is -2.10.